The summed E-state index contributed by atoms with van der Waals surface area (Å²) in [7, 11) is 0. The summed E-state index contributed by atoms with van der Waals surface area (Å²) in [6.45, 7) is 9.81. The van der Waals surface area contributed by atoms with Gasteiger partial charge < -0.3 is 14.8 Å². The van der Waals surface area contributed by atoms with Gasteiger partial charge in [-0.2, -0.15) is 0 Å². The summed E-state index contributed by atoms with van der Waals surface area (Å²) in [5.41, 5.74) is 1.22. The Hall–Kier alpha value is -0.620. The van der Waals surface area contributed by atoms with E-state index in [4.69, 9.17) is 9.47 Å². The van der Waals surface area contributed by atoms with Gasteiger partial charge in [-0.1, -0.05) is 22.9 Å². The van der Waals surface area contributed by atoms with Crippen molar-refractivity contribution in [2.45, 2.75) is 26.3 Å². The first-order chi connectivity index (χ1) is 10.8. The summed E-state index contributed by atoms with van der Waals surface area (Å²) in [6, 6.07) is 6.22. The third kappa shape index (κ3) is 6.24. The normalized spacial score (nSPS) is 15.9. The molecule has 124 valence electrons. The molecule has 1 heterocycles. The topological polar surface area (TPSA) is 33.7 Å². The van der Waals surface area contributed by atoms with Crippen LogP contribution in [0.3, 0.4) is 0 Å². The second-order valence-corrected chi connectivity index (χ2v) is 6.50. The SMILES string of the molecule is CCCOc1ccc(Br)cc1CNCCCN1CCOCC1. The number of nitrogens with zero attached hydrogens (tertiary/aromatic N) is 1. The van der Waals surface area contributed by atoms with E-state index in [2.05, 4.69) is 39.1 Å². The molecule has 1 fully saturated rings. The molecule has 0 atom stereocenters. The highest BCUT2D eigenvalue weighted by molar-refractivity contribution is 9.10. The third-order valence-electron chi connectivity index (χ3n) is 3.73. The Morgan fingerprint density at radius 3 is 2.91 bits per heavy atom. The average Bonchev–Trinajstić information content (AvgIpc) is 2.55. The zero-order valence-electron chi connectivity index (χ0n) is 13.4. The highest BCUT2D eigenvalue weighted by Crippen LogP contribution is 2.23. The molecule has 4 nitrogen and oxygen atoms in total. The molecule has 1 aromatic carbocycles. The second-order valence-electron chi connectivity index (χ2n) is 5.58. The van der Waals surface area contributed by atoms with Gasteiger partial charge in [0.1, 0.15) is 5.75 Å². The molecule has 2 rings (SSSR count). The summed E-state index contributed by atoms with van der Waals surface area (Å²) in [4.78, 5) is 2.47. The lowest BCUT2D eigenvalue weighted by Gasteiger charge is -2.26. The minimum absolute atomic E-state index is 0.770. The van der Waals surface area contributed by atoms with Crippen molar-refractivity contribution in [1.82, 2.24) is 10.2 Å². The number of morpholine rings is 1. The lowest BCUT2D eigenvalue weighted by atomic mass is 10.2. The van der Waals surface area contributed by atoms with E-state index < -0.39 is 0 Å². The van der Waals surface area contributed by atoms with E-state index in [9.17, 15) is 0 Å². The van der Waals surface area contributed by atoms with Gasteiger partial charge in [-0.25, -0.2) is 0 Å². The van der Waals surface area contributed by atoms with Gasteiger partial charge in [0.15, 0.2) is 0 Å². The van der Waals surface area contributed by atoms with Gasteiger partial charge in [0.25, 0.3) is 0 Å². The number of ether oxygens (including phenoxy) is 2. The Morgan fingerprint density at radius 1 is 1.32 bits per heavy atom. The predicted octanol–water partition coefficient (Wildman–Crippen LogP) is 3.05. The molecule has 0 bridgehead atoms. The van der Waals surface area contributed by atoms with Crippen LogP contribution in [-0.2, 0) is 11.3 Å². The maximum atomic E-state index is 5.81. The number of halogens is 1. The van der Waals surface area contributed by atoms with Crippen LogP contribution in [0, 0.1) is 0 Å². The quantitative estimate of drug-likeness (QED) is 0.677. The summed E-state index contributed by atoms with van der Waals surface area (Å²) >= 11 is 3.54. The molecular weight excluding hydrogens is 344 g/mol. The summed E-state index contributed by atoms with van der Waals surface area (Å²) in [5.74, 6) is 0.991. The molecule has 0 saturated carbocycles. The van der Waals surface area contributed by atoms with E-state index in [1.165, 1.54) is 12.0 Å². The Kier molecular flexibility index (Phi) is 8.23. The molecule has 0 aromatic heterocycles. The number of rotatable bonds is 9. The molecule has 1 saturated heterocycles. The van der Waals surface area contributed by atoms with Crippen molar-refractivity contribution in [3.8, 4) is 5.75 Å². The second kappa shape index (κ2) is 10.2. The monoisotopic (exact) mass is 370 g/mol. The number of nitrogens with one attached hydrogen (secondary N) is 1. The highest BCUT2D eigenvalue weighted by atomic mass is 79.9. The maximum Gasteiger partial charge on any atom is 0.123 e. The predicted molar refractivity (Wildman–Crippen MR) is 93.5 cm³/mol. The van der Waals surface area contributed by atoms with Gasteiger partial charge in [0.05, 0.1) is 19.8 Å². The van der Waals surface area contributed by atoms with Gasteiger partial charge in [-0.15, -0.1) is 0 Å². The van der Waals surface area contributed by atoms with Gasteiger partial charge >= 0.3 is 0 Å². The van der Waals surface area contributed by atoms with Crippen molar-refractivity contribution in [1.29, 1.82) is 0 Å². The van der Waals surface area contributed by atoms with E-state index in [-0.39, 0.29) is 0 Å². The molecule has 1 aliphatic rings. The fourth-order valence-electron chi connectivity index (χ4n) is 2.51. The Morgan fingerprint density at radius 2 is 2.14 bits per heavy atom. The molecule has 0 unspecified atom stereocenters. The van der Waals surface area contributed by atoms with Gasteiger partial charge in [0, 0.05) is 29.7 Å². The number of hydrogen-bond acceptors (Lipinski definition) is 4. The average molecular weight is 371 g/mol. The van der Waals surface area contributed by atoms with E-state index in [1.54, 1.807) is 0 Å². The van der Waals surface area contributed by atoms with Crippen LogP contribution in [0.15, 0.2) is 22.7 Å². The van der Waals surface area contributed by atoms with Crippen molar-refractivity contribution >= 4 is 15.9 Å². The zero-order valence-corrected chi connectivity index (χ0v) is 15.0. The summed E-state index contributed by atoms with van der Waals surface area (Å²) < 4.78 is 12.3. The van der Waals surface area contributed by atoms with Gasteiger partial charge in [-0.05, 0) is 44.1 Å². The van der Waals surface area contributed by atoms with E-state index >= 15 is 0 Å². The molecular formula is C17H27BrN2O2. The molecule has 1 aromatic rings. The van der Waals surface area contributed by atoms with Crippen LogP contribution >= 0.6 is 15.9 Å². The molecule has 0 amide bonds. The number of hydrogen-bond donors (Lipinski definition) is 1. The molecule has 0 radical (unpaired) electrons. The Bertz CT molecular complexity index is 437. The van der Waals surface area contributed by atoms with Crippen molar-refractivity contribution in [3.05, 3.63) is 28.2 Å². The Labute approximate surface area is 142 Å². The van der Waals surface area contributed by atoms with Crippen molar-refractivity contribution in [2.24, 2.45) is 0 Å². The molecule has 0 aliphatic carbocycles. The van der Waals surface area contributed by atoms with E-state index in [0.29, 0.717) is 0 Å². The lowest BCUT2D eigenvalue weighted by molar-refractivity contribution is 0.0374. The lowest BCUT2D eigenvalue weighted by Crippen LogP contribution is -2.37. The van der Waals surface area contributed by atoms with Crippen LogP contribution in [0.25, 0.3) is 0 Å². The first kappa shape index (κ1) is 17.7. The van der Waals surface area contributed by atoms with Gasteiger partial charge in [0.2, 0.25) is 0 Å². The van der Waals surface area contributed by atoms with Crippen LogP contribution in [0.1, 0.15) is 25.3 Å². The molecule has 22 heavy (non-hydrogen) atoms. The maximum absolute atomic E-state index is 5.81. The summed E-state index contributed by atoms with van der Waals surface area (Å²) in [6.07, 6.45) is 2.20. The molecule has 0 spiro atoms. The van der Waals surface area contributed by atoms with Crippen LogP contribution in [-0.4, -0.2) is 50.9 Å². The summed E-state index contributed by atoms with van der Waals surface area (Å²) in [5, 5.41) is 3.53. The Balaban J connectivity index is 1.70. The van der Waals surface area contributed by atoms with Crippen LogP contribution in [0.2, 0.25) is 0 Å². The minimum atomic E-state index is 0.770. The fraction of sp³-hybridized carbons (Fsp3) is 0.647. The fourth-order valence-corrected chi connectivity index (χ4v) is 2.92. The minimum Gasteiger partial charge on any atom is -0.493 e. The third-order valence-corrected chi connectivity index (χ3v) is 4.22. The van der Waals surface area contributed by atoms with Crippen LogP contribution < -0.4 is 10.1 Å². The zero-order chi connectivity index (χ0) is 15.6. The molecule has 1 aliphatic heterocycles. The first-order valence-corrected chi connectivity index (χ1v) is 9.01. The smallest absolute Gasteiger partial charge is 0.123 e. The highest BCUT2D eigenvalue weighted by Gasteiger charge is 2.09. The van der Waals surface area contributed by atoms with Crippen molar-refractivity contribution < 1.29 is 9.47 Å². The molecule has 1 N–H and O–H groups in total. The van der Waals surface area contributed by atoms with Crippen LogP contribution in [0.5, 0.6) is 5.75 Å². The van der Waals surface area contributed by atoms with E-state index in [0.717, 1.165) is 69.2 Å². The first-order valence-electron chi connectivity index (χ1n) is 8.21. The van der Waals surface area contributed by atoms with Gasteiger partial charge in [-0.3, -0.25) is 4.90 Å². The van der Waals surface area contributed by atoms with Crippen molar-refractivity contribution in [3.63, 3.8) is 0 Å². The van der Waals surface area contributed by atoms with E-state index in [1.807, 2.05) is 12.1 Å². The van der Waals surface area contributed by atoms with Crippen LogP contribution in [0.4, 0.5) is 0 Å². The number of benzene rings is 1. The largest absolute Gasteiger partial charge is 0.493 e. The standard InChI is InChI=1S/C17H27BrN2O2/c1-2-10-22-17-5-4-16(18)13-15(17)14-19-6-3-7-20-8-11-21-12-9-20/h4-5,13,19H,2-3,6-12,14H2,1H3. The van der Waals surface area contributed by atoms with Crippen molar-refractivity contribution in [2.75, 3.05) is 46.0 Å². The molecule has 5 heteroatoms.